The van der Waals surface area contributed by atoms with Crippen LogP contribution < -0.4 is 5.56 Å². The number of hydrogen-bond acceptors (Lipinski definition) is 4. The van der Waals surface area contributed by atoms with Crippen LogP contribution in [0.5, 0.6) is 0 Å². The van der Waals surface area contributed by atoms with Crippen LogP contribution in [0, 0.1) is 13.8 Å². The first-order chi connectivity index (χ1) is 8.59. The van der Waals surface area contributed by atoms with E-state index in [0.29, 0.717) is 0 Å². The van der Waals surface area contributed by atoms with Crippen molar-refractivity contribution in [3.8, 4) is 0 Å². The van der Waals surface area contributed by atoms with Crippen LogP contribution in [-0.2, 0) is 0 Å². The molecule has 2 aromatic rings. The summed E-state index contributed by atoms with van der Waals surface area (Å²) >= 11 is 1.56. The van der Waals surface area contributed by atoms with Crippen LogP contribution in [0.25, 0.3) is 10.2 Å². The molecule has 1 saturated carbocycles. The zero-order valence-corrected chi connectivity index (χ0v) is 11.3. The minimum Gasteiger partial charge on any atom is -0.391 e. The molecule has 5 heteroatoms. The van der Waals surface area contributed by atoms with Crippen molar-refractivity contribution in [1.29, 1.82) is 0 Å². The third-order valence-corrected chi connectivity index (χ3v) is 5.03. The smallest absolute Gasteiger partial charge is 0.262 e. The average Bonchev–Trinajstić information content (AvgIpc) is 2.86. The van der Waals surface area contributed by atoms with Crippen LogP contribution in [0.2, 0.25) is 0 Å². The summed E-state index contributed by atoms with van der Waals surface area (Å²) in [7, 11) is 0. The second-order valence-electron chi connectivity index (χ2n) is 4.99. The van der Waals surface area contributed by atoms with E-state index < -0.39 is 6.10 Å². The zero-order chi connectivity index (χ0) is 12.9. The summed E-state index contributed by atoms with van der Waals surface area (Å²) in [5, 5.41) is 10.6. The predicted molar refractivity (Wildman–Crippen MR) is 72.2 cm³/mol. The number of aryl methyl sites for hydroxylation is 2. The summed E-state index contributed by atoms with van der Waals surface area (Å²) in [4.78, 5) is 18.8. The molecule has 0 radical (unpaired) electrons. The summed E-state index contributed by atoms with van der Waals surface area (Å²) in [5.74, 6) is 0. The highest BCUT2D eigenvalue weighted by Crippen LogP contribution is 2.30. The molecule has 0 spiro atoms. The number of aromatic nitrogens is 2. The van der Waals surface area contributed by atoms with Gasteiger partial charge >= 0.3 is 0 Å². The highest BCUT2D eigenvalue weighted by molar-refractivity contribution is 7.18. The molecule has 18 heavy (non-hydrogen) atoms. The highest BCUT2D eigenvalue weighted by Gasteiger charge is 2.28. The van der Waals surface area contributed by atoms with Gasteiger partial charge in [-0.3, -0.25) is 9.36 Å². The Kier molecular flexibility index (Phi) is 2.75. The maximum Gasteiger partial charge on any atom is 0.262 e. The van der Waals surface area contributed by atoms with Gasteiger partial charge in [0, 0.05) is 4.88 Å². The maximum absolute atomic E-state index is 12.5. The summed E-state index contributed by atoms with van der Waals surface area (Å²) in [6.45, 7) is 3.97. The molecule has 4 nitrogen and oxygen atoms in total. The molecular formula is C13H16N2O2S. The minimum absolute atomic E-state index is 0.00667. The van der Waals surface area contributed by atoms with Gasteiger partial charge in [0.05, 0.1) is 23.9 Å². The maximum atomic E-state index is 12.5. The fourth-order valence-corrected chi connectivity index (χ4v) is 3.72. The molecule has 2 aromatic heterocycles. The molecule has 96 valence electrons. The van der Waals surface area contributed by atoms with Crippen LogP contribution >= 0.6 is 11.3 Å². The van der Waals surface area contributed by atoms with E-state index in [1.807, 2.05) is 13.8 Å². The first-order valence-electron chi connectivity index (χ1n) is 6.24. The van der Waals surface area contributed by atoms with Crippen molar-refractivity contribution < 1.29 is 5.11 Å². The van der Waals surface area contributed by atoms with E-state index in [0.717, 1.165) is 39.9 Å². The van der Waals surface area contributed by atoms with Crippen LogP contribution in [0.4, 0.5) is 0 Å². The molecule has 0 saturated heterocycles. The molecule has 1 fully saturated rings. The number of aliphatic hydroxyl groups excluding tert-OH is 1. The SMILES string of the molecule is Cc1sc2ncn([C@@H]3CCC[C@H]3O)c(=O)c2c1C. The topological polar surface area (TPSA) is 55.1 Å². The molecule has 0 aliphatic heterocycles. The monoisotopic (exact) mass is 264 g/mol. The van der Waals surface area contributed by atoms with Gasteiger partial charge in [0.25, 0.3) is 5.56 Å². The molecule has 3 rings (SSSR count). The molecule has 1 aliphatic rings. The van der Waals surface area contributed by atoms with Gasteiger partial charge < -0.3 is 5.11 Å². The lowest BCUT2D eigenvalue weighted by molar-refractivity contribution is 0.134. The van der Waals surface area contributed by atoms with Crippen molar-refractivity contribution in [2.24, 2.45) is 0 Å². The third-order valence-electron chi connectivity index (χ3n) is 3.92. The molecule has 2 atom stereocenters. The first kappa shape index (κ1) is 11.9. The second-order valence-corrected chi connectivity index (χ2v) is 6.19. The van der Waals surface area contributed by atoms with E-state index in [2.05, 4.69) is 4.98 Å². The number of thiophene rings is 1. The summed E-state index contributed by atoms with van der Waals surface area (Å²) in [6, 6.07) is -0.103. The predicted octanol–water partition coefficient (Wildman–Crippen LogP) is 2.16. The van der Waals surface area contributed by atoms with E-state index in [1.54, 1.807) is 22.2 Å². The van der Waals surface area contributed by atoms with E-state index in [4.69, 9.17) is 0 Å². The van der Waals surface area contributed by atoms with Gasteiger partial charge in [0.1, 0.15) is 4.83 Å². The van der Waals surface area contributed by atoms with Gasteiger partial charge in [-0.05, 0) is 38.7 Å². The Morgan fingerprint density at radius 2 is 2.22 bits per heavy atom. The zero-order valence-electron chi connectivity index (χ0n) is 10.5. The van der Waals surface area contributed by atoms with Gasteiger partial charge in [0.15, 0.2) is 0 Å². The summed E-state index contributed by atoms with van der Waals surface area (Å²) < 4.78 is 1.62. The van der Waals surface area contributed by atoms with Crippen molar-refractivity contribution in [2.75, 3.05) is 0 Å². The molecule has 0 amide bonds. The molecule has 1 N–H and O–H groups in total. The average molecular weight is 264 g/mol. The van der Waals surface area contributed by atoms with Crippen molar-refractivity contribution in [2.45, 2.75) is 45.3 Å². The van der Waals surface area contributed by atoms with Gasteiger partial charge in [-0.15, -0.1) is 11.3 Å². The van der Waals surface area contributed by atoms with E-state index in [-0.39, 0.29) is 11.6 Å². The Labute approximate surface area is 109 Å². The number of rotatable bonds is 1. The lowest BCUT2D eigenvalue weighted by Gasteiger charge is -2.17. The number of hydrogen-bond donors (Lipinski definition) is 1. The second kappa shape index (κ2) is 4.17. The largest absolute Gasteiger partial charge is 0.391 e. The molecule has 1 aliphatic carbocycles. The van der Waals surface area contributed by atoms with Gasteiger partial charge in [-0.1, -0.05) is 0 Å². The van der Waals surface area contributed by atoms with E-state index in [9.17, 15) is 9.90 Å². The fourth-order valence-electron chi connectivity index (χ4n) is 2.73. The number of nitrogens with zero attached hydrogens (tertiary/aromatic N) is 2. The van der Waals surface area contributed by atoms with Crippen molar-refractivity contribution in [3.63, 3.8) is 0 Å². The van der Waals surface area contributed by atoms with Crippen LogP contribution in [0.3, 0.4) is 0 Å². The number of aliphatic hydroxyl groups is 1. The highest BCUT2D eigenvalue weighted by atomic mass is 32.1. The lowest BCUT2D eigenvalue weighted by atomic mass is 10.2. The van der Waals surface area contributed by atoms with E-state index >= 15 is 0 Å². The Balaban J connectivity index is 2.23. The Hall–Kier alpha value is -1.20. The molecule has 0 aromatic carbocycles. The molecule has 0 unspecified atom stereocenters. The lowest BCUT2D eigenvalue weighted by Crippen LogP contribution is -2.29. The van der Waals surface area contributed by atoms with E-state index in [1.165, 1.54) is 0 Å². The van der Waals surface area contributed by atoms with Gasteiger partial charge in [0.2, 0.25) is 0 Å². The Morgan fingerprint density at radius 3 is 2.89 bits per heavy atom. The molecule has 0 bridgehead atoms. The number of fused-ring (bicyclic) bond motifs is 1. The summed E-state index contributed by atoms with van der Waals surface area (Å²) in [6.07, 6.45) is 3.78. The van der Waals surface area contributed by atoms with Gasteiger partial charge in [-0.25, -0.2) is 4.98 Å². The Bertz CT molecular complexity index is 659. The standard InChI is InChI=1S/C13H16N2O2S/c1-7-8(2)18-12-11(7)13(17)15(6-14-12)9-4-3-5-10(9)16/h6,9-10,16H,3-5H2,1-2H3/t9-,10-/m1/s1. The van der Waals surface area contributed by atoms with Gasteiger partial charge in [-0.2, -0.15) is 0 Å². The fraction of sp³-hybridized carbons (Fsp3) is 0.538. The van der Waals surface area contributed by atoms with Crippen molar-refractivity contribution in [1.82, 2.24) is 9.55 Å². The quantitative estimate of drug-likeness (QED) is 0.858. The molecule has 2 heterocycles. The summed E-state index contributed by atoms with van der Waals surface area (Å²) in [5.41, 5.74) is 1.02. The third kappa shape index (κ3) is 1.61. The van der Waals surface area contributed by atoms with Crippen molar-refractivity contribution in [3.05, 3.63) is 27.1 Å². The van der Waals surface area contributed by atoms with Crippen molar-refractivity contribution >= 4 is 21.6 Å². The molecular weight excluding hydrogens is 248 g/mol. The Morgan fingerprint density at radius 1 is 1.44 bits per heavy atom. The normalized spacial score (nSPS) is 23.9. The van der Waals surface area contributed by atoms with Crippen LogP contribution in [-0.4, -0.2) is 20.8 Å². The first-order valence-corrected chi connectivity index (χ1v) is 7.06. The van der Waals surface area contributed by atoms with Crippen LogP contribution in [0.15, 0.2) is 11.1 Å². The minimum atomic E-state index is -0.415. The van der Waals surface area contributed by atoms with Crippen LogP contribution in [0.1, 0.15) is 35.7 Å².